The summed E-state index contributed by atoms with van der Waals surface area (Å²) in [5.41, 5.74) is 1.80. The number of halogens is 1. The first-order chi connectivity index (χ1) is 8.97. The first-order valence-corrected chi connectivity index (χ1v) is 6.25. The Morgan fingerprint density at radius 2 is 2.32 bits per heavy atom. The van der Waals surface area contributed by atoms with E-state index in [-0.39, 0.29) is 0 Å². The van der Waals surface area contributed by atoms with Gasteiger partial charge in [0.25, 0.3) is 6.20 Å². The van der Waals surface area contributed by atoms with Crippen LogP contribution >= 0.6 is 11.6 Å². The van der Waals surface area contributed by atoms with E-state index in [0.29, 0.717) is 24.1 Å². The van der Waals surface area contributed by atoms with Gasteiger partial charge >= 0.3 is 0 Å². The normalized spacial score (nSPS) is 11.3. The number of hydrogen-bond acceptors (Lipinski definition) is 5. The maximum absolute atomic E-state index is 10.6. The topological polar surface area (TPSA) is 71.3 Å². The standard InChI is InChI=1S/C12H17ClN4O2/c1-4-16(12(14-3)8-17(18)19)7-10-9(2)5-6-11(13)15-10/h5-6,8,14H,4,7H2,1-3H3/b12-8+. The van der Waals surface area contributed by atoms with Gasteiger partial charge in [-0.1, -0.05) is 17.7 Å². The number of pyridine rings is 1. The average molecular weight is 285 g/mol. The number of aryl methyl sites for hydroxylation is 1. The third-order valence-corrected chi connectivity index (χ3v) is 2.93. The SMILES string of the molecule is CCN(Cc1nc(Cl)ccc1C)/C(=C/[N+](=O)[O-])NC. The van der Waals surface area contributed by atoms with Crippen molar-refractivity contribution < 1.29 is 4.92 Å². The van der Waals surface area contributed by atoms with E-state index in [9.17, 15) is 10.1 Å². The summed E-state index contributed by atoms with van der Waals surface area (Å²) in [5, 5.41) is 13.8. The van der Waals surface area contributed by atoms with Gasteiger partial charge in [-0.3, -0.25) is 10.1 Å². The summed E-state index contributed by atoms with van der Waals surface area (Å²) in [7, 11) is 1.65. The first kappa shape index (κ1) is 15.2. The second kappa shape index (κ2) is 6.94. The number of nitrogens with one attached hydrogen (secondary N) is 1. The van der Waals surface area contributed by atoms with Crippen LogP contribution in [0.15, 0.2) is 24.2 Å². The van der Waals surface area contributed by atoms with Crippen LogP contribution < -0.4 is 5.32 Å². The van der Waals surface area contributed by atoms with Crippen LogP contribution in [0, 0.1) is 17.0 Å². The Hall–Kier alpha value is -1.82. The van der Waals surface area contributed by atoms with Gasteiger partial charge in [0.1, 0.15) is 5.15 Å². The van der Waals surface area contributed by atoms with Crippen LogP contribution in [0.3, 0.4) is 0 Å². The van der Waals surface area contributed by atoms with Crippen LogP contribution in [0.1, 0.15) is 18.2 Å². The van der Waals surface area contributed by atoms with Gasteiger partial charge in [0.15, 0.2) is 5.82 Å². The number of hydrogen-bond donors (Lipinski definition) is 1. The molecule has 1 aromatic heterocycles. The van der Waals surface area contributed by atoms with Crippen LogP contribution in [-0.2, 0) is 6.54 Å². The zero-order valence-corrected chi connectivity index (χ0v) is 11.9. The Bertz CT molecular complexity index is 491. The largest absolute Gasteiger partial charge is 0.370 e. The third-order valence-electron chi connectivity index (χ3n) is 2.71. The second-order valence-electron chi connectivity index (χ2n) is 3.96. The summed E-state index contributed by atoms with van der Waals surface area (Å²) in [4.78, 5) is 16.2. The van der Waals surface area contributed by atoms with E-state index >= 15 is 0 Å². The highest BCUT2D eigenvalue weighted by molar-refractivity contribution is 6.29. The Morgan fingerprint density at radius 1 is 1.63 bits per heavy atom. The van der Waals surface area contributed by atoms with E-state index in [2.05, 4.69) is 10.3 Å². The van der Waals surface area contributed by atoms with E-state index in [4.69, 9.17) is 11.6 Å². The smallest absolute Gasteiger partial charge is 0.274 e. The first-order valence-electron chi connectivity index (χ1n) is 5.88. The molecule has 104 valence electrons. The molecule has 1 heterocycles. The highest BCUT2D eigenvalue weighted by Crippen LogP contribution is 2.14. The molecule has 7 heteroatoms. The van der Waals surface area contributed by atoms with E-state index in [1.807, 2.05) is 24.8 Å². The minimum atomic E-state index is -0.479. The van der Waals surface area contributed by atoms with Crippen molar-refractivity contribution in [3.8, 4) is 0 Å². The van der Waals surface area contributed by atoms with Crippen molar-refractivity contribution in [1.29, 1.82) is 0 Å². The van der Waals surface area contributed by atoms with Crippen LogP contribution in [0.5, 0.6) is 0 Å². The lowest BCUT2D eigenvalue weighted by Gasteiger charge is -2.24. The van der Waals surface area contributed by atoms with Crippen molar-refractivity contribution in [2.24, 2.45) is 0 Å². The fourth-order valence-corrected chi connectivity index (χ4v) is 1.82. The van der Waals surface area contributed by atoms with Gasteiger partial charge in [-0.15, -0.1) is 0 Å². The summed E-state index contributed by atoms with van der Waals surface area (Å²) < 4.78 is 0. The van der Waals surface area contributed by atoms with Crippen molar-refractivity contribution in [3.63, 3.8) is 0 Å². The van der Waals surface area contributed by atoms with Gasteiger partial charge in [-0.05, 0) is 25.5 Å². The molecule has 0 saturated heterocycles. The molecule has 0 aromatic carbocycles. The second-order valence-corrected chi connectivity index (χ2v) is 4.35. The summed E-state index contributed by atoms with van der Waals surface area (Å²) in [6.45, 7) is 4.94. The minimum absolute atomic E-state index is 0.418. The monoisotopic (exact) mass is 284 g/mol. The maximum atomic E-state index is 10.6. The molecule has 1 N–H and O–H groups in total. The van der Waals surface area contributed by atoms with Gasteiger partial charge in [0, 0.05) is 13.6 Å². The van der Waals surface area contributed by atoms with Crippen molar-refractivity contribution in [2.75, 3.05) is 13.6 Å². The zero-order valence-electron chi connectivity index (χ0n) is 11.2. The van der Waals surface area contributed by atoms with E-state index < -0.39 is 4.92 Å². The van der Waals surface area contributed by atoms with Crippen molar-refractivity contribution in [2.45, 2.75) is 20.4 Å². The Morgan fingerprint density at radius 3 is 2.84 bits per heavy atom. The van der Waals surface area contributed by atoms with Crippen LogP contribution in [0.25, 0.3) is 0 Å². The molecule has 0 aliphatic rings. The van der Waals surface area contributed by atoms with Gasteiger partial charge < -0.3 is 10.2 Å². The Kier molecular flexibility index (Phi) is 5.57. The molecule has 0 unspecified atom stereocenters. The van der Waals surface area contributed by atoms with Crippen LogP contribution in [0.2, 0.25) is 5.15 Å². The average Bonchev–Trinajstić information content (AvgIpc) is 2.37. The molecule has 0 spiro atoms. The molecule has 1 aromatic rings. The Balaban J connectivity index is 2.98. The molecule has 0 aliphatic carbocycles. The van der Waals surface area contributed by atoms with Gasteiger partial charge in [0.2, 0.25) is 0 Å². The molecule has 0 saturated carbocycles. The lowest BCUT2D eigenvalue weighted by molar-refractivity contribution is -0.404. The number of nitro groups is 1. The fraction of sp³-hybridized carbons (Fsp3) is 0.417. The minimum Gasteiger partial charge on any atom is -0.370 e. The highest BCUT2D eigenvalue weighted by Gasteiger charge is 2.13. The van der Waals surface area contributed by atoms with E-state index in [1.165, 1.54) is 0 Å². The highest BCUT2D eigenvalue weighted by atomic mass is 35.5. The predicted octanol–water partition coefficient (Wildman–Crippen LogP) is 2.16. The molecular weight excluding hydrogens is 268 g/mol. The molecule has 0 aliphatic heterocycles. The number of aromatic nitrogens is 1. The summed E-state index contributed by atoms with van der Waals surface area (Å²) in [6.07, 6.45) is 0.948. The van der Waals surface area contributed by atoms with Crippen molar-refractivity contribution in [1.82, 2.24) is 15.2 Å². The molecule has 0 fully saturated rings. The van der Waals surface area contributed by atoms with Crippen molar-refractivity contribution >= 4 is 11.6 Å². The number of rotatable bonds is 6. The quantitative estimate of drug-likeness (QED) is 0.492. The third kappa shape index (κ3) is 4.40. The van der Waals surface area contributed by atoms with E-state index in [1.54, 1.807) is 13.1 Å². The summed E-state index contributed by atoms with van der Waals surface area (Å²) in [6, 6.07) is 3.61. The molecule has 0 atom stereocenters. The van der Waals surface area contributed by atoms with Crippen LogP contribution in [0.4, 0.5) is 0 Å². The lowest BCUT2D eigenvalue weighted by atomic mass is 10.2. The fourth-order valence-electron chi connectivity index (χ4n) is 1.66. The van der Waals surface area contributed by atoms with Gasteiger partial charge in [0.05, 0.1) is 17.2 Å². The number of nitrogens with zero attached hydrogens (tertiary/aromatic N) is 3. The van der Waals surface area contributed by atoms with E-state index in [0.717, 1.165) is 17.5 Å². The molecule has 1 rings (SSSR count). The van der Waals surface area contributed by atoms with Gasteiger partial charge in [-0.25, -0.2) is 4.98 Å². The lowest BCUT2D eigenvalue weighted by Crippen LogP contribution is -2.30. The van der Waals surface area contributed by atoms with Crippen LogP contribution in [-0.4, -0.2) is 28.4 Å². The Labute approximate surface area is 117 Å². The molecule has 0 amide bonds. The maximum Gasteiger partial charge on any atom is 0.274 e. The summed E-state index contributed by atoms with van der Waals surface area (Å²) in [5.74, 6) is 0.439. The zero-order chi connectivity index (χ0) is 14.4. The molecular formula is C12H17ClN4O2. The molecule has 19 heavy (non-hydrogen) atoms. The summed E-state index contributed by atoms with van der Waals surface area (Å²) >= 11 is 5.87. The van der Waals surface area contributed by atoms with Gasteiger partial charge in [-0.2, -0.15) is 0 Å². The predicted molar refractivity (Wildman–Crippen MR) is 74.2 cm³/mol. The molecule has 0 bridgehead atoms. The molecule has 6 nitrogen and oxygen atoms in total. The molecule has 0 radical (unpaired) electrons. The van der Waals surface area contributed by atoms with Crippen molar-refractivity contribution in [3.05, 3.63) is 50.7 Å².